The number of carbonyl (C=O) groups is 2. The zero-order valence-electron chi connectivity index (χ0n) is 14.5. The minimum atomic E-state index is -0.149. The first kappa shape index (κ1) is 17.1. The van der Waals surface area contributed by atoms with E-state index >= 15 is 0 Å². The second-order valence-electron chi connectivity index (χ2n) is 6.16. The molecule has 2 amide bonds. The van der Waals surface area contributed by atoms with E-state index in [9.17, 15) is 9.59 Å². The van der Waals surface area contributed by atoms with Crippen molar-refractivity contribution >= 4 is 11.8 Å². The highest BCUT2D eigenvalue weighted by Gasteiger charge is 2.33. The third kappa shape index (κ3) is 3.87. The Morgan fingerprint density at radius 1 is 1.36 bits per heavy atom. The van der Waals surface area contributed by atoms with Crippen LogP contribution in [0.5, 0.6) is 0 Å². The molecule has 2 aromatic rings. The van der Waals surface area contributed by atoms with E-state index in [4.69, 9.17) is 4.52 Å². The van der Waals surface area contributed by atoms with Crippen molar-refractivity contribution < 1.29 is 14.1 Å². The minimum Gasteiger partial charge on any atom is -0.351 e. The second kappa shape index (κ2) is 7.46. The van der Waals surface area contributed by atoms with Crippen molar-refractivity contribution in [1.82, 2.24) is 20.4 Å². The molecule has 7 nitrogen and oxygen atoms in total. The van der Waals surface area contributed by atoms with Gasteiger partial charge in [0.1, 0.15) is 0 Å². The van der Waals surface area contributed by atoms with Crippen LogP contribution in [-0.2, 0) is 17.8 Å². The number of pyridine rings is 1. The molecule has 1 N–H and O–H groups in total. The molecule has 1 saturated heterocycles. The van der Waals surface area contributed by atoms with E-state index in [1.807, 2.05) is 25.1 Å². The molecule has 1 atom stereocenters. The largest absolute Gasteiger partial charge is 0.351 e. The molecule has 0 bridgehead atoms. The SMILES string of the molecule is CCc1cc(C(=O)N2CCC[C@@H]2c2cccc(CNC(C)=O)n2)on1. The van der Waals surface area contributed by atoms with Gasteiger partial charge in [-0.1, -0.05) is 18.1 Å². The Bertz CT molecular complexity index is 771. The van der Waals surface area contributed by atoms with Crippen molar-refractivity contribution in [2.24, 2.45) is 0 Å². The van der Waals surface area contributed by atoms with E-state index in [0.29, 0.717) is 13.1 Å². The highest BCUT2D eigenvalue weighted by molar-refractivity contribution is 5.92. The van der Waals surface area contributed by atoms with Gasteiger partial charge in [0.15, 0.2) is 0 Å². The van der Waals surface area contributed by atoms with Crippen LogP contribution in [-0.4, -0.2) is 33.4 Å². The van der Waals surface area contributed by atoms with Crippen molar-refractivity contribution in [3.63, 3.8) is 0 Å². The Kier molecular flexibility index (Phi) is 5.11. The first-order valence-electron chi connectivity index (χ1n) is 8.55. The number of nitrogens with zero attached hydrogens (tertiary/aromatic N) is 3. The number of carbonyl (C=O) groups excluding carboxylic acids is 2. The van der Waals surface area contributed by atoms with Crippen LogP contribution in [0, 0.1) is 0 Å². The second-order valence-corrected chi connectivity index (χ2v) is 6.16. The van der Waals surface area contributed by atoms with Crippen molar-refractivity contribution in [3.05, 3.63) is 47.1 Å². The van der Waals surface area contributed by atoms with E-state index in [2.05, 4.69) is 15.5 Å². The average molecular weight is 342 g/mol. The minimum absolute atomic E-state index is 0.0834. The van der Waals surface area contributed by atoms with Gasteiger partial charge >= 0.3 is 0 Å². The predicted molar refractivity (Wildman–Crippen MR) is 90.7 cm³/mol. The molecule has 132 valence electrons. The fraction of sp³-hybridized carbons (Fsp3) is 0.444. The molecule has 0 unspecified atom stereocenters. The van der Waals surface area contributed by atoms with Crippen molar-refractivity contribution in [2.45, 2.75) is 45.7 Å². The molecule has 1 fully saturated rings. The zero-order chi connectivity index (χ0) is 17.8. The van der Waals surface area contributed by atoms with Gasteiger partial charge in [0, 0.05) is 19.5 Å². The highest BCUT2D eigenvalue weighted by Crippen LogP contribution is 2.32. The van der Waals surface area contributed by atoms with Gasteiger partial charge in [0.25, 0.3) is 5.91 Å². The Morgan fingerprint density at radius 2 is 2.20 bits per heavy atom. The summed E-state index contributed by atoms with van der Waals surface area (Å²) in [5.41, 5.74) is 2.39. The fourth-order valence-electron chi connectivity index (χ4n) is 3.04. The Morgan fingerprint density at radius 3 is 2.92 bits per heavy atom. The lowest BCUT2D eigenvalue weighted by Crippen LogP contribution is -2.31. The normalized spacial score (nSPS) is 16.9. The van der Waals surface area contributed by atoms with Crippen LogP contribution >= 0.6 is 0 Å². The summed E-state index contributed by atoms with van der Waals surface area (Å²) in [7, 11) is 0. The van der Waals surface area contributed by atoms with Gasteiger partial charge in [-0.05, 0) is 31.4 Å². The summed E-state index contributed by atoms with van der Waals surface area (Å²) < 4.78 is 5.19. The van der Waals surface area contributed by atoms with E-state index in [1.54, 1.807) is 11.0 Å². The van der Waals surface area contributed by atoms with Gasteiger partial charge in [-0.15, -0.1) is 0 Å². The molecule has 25 heavy (non-hydrogen) atoms. The number of rotatable bonds is 5. The Balaban J connectivity index is 1.78. The quantitative estimate of drug-likeness (QED) is 0.900. The first-order chi connectivity index (χ1) is 12.1. The summed E-state index contributed by atoms with van der Waals surface area (Å²) in [5, 5.41) is 6.64. The standard InChI is InChI=1S/C18H22N4O3/c1-3-13-10-17(25-21-13)18(24)22-9-5-8-16(22)15-7-4-6-14(20-15)11-19-12(2)23/h4,6-7,10,16H,3,5,8-9,11H2,1-2H3,(H,19,23)/t16-/m1/s1. The monoisotopic (exact) mass is 342 g/mol. The van der Waals surface area contributed by atoms with Crippen molar-refractivity contribution in [3.8, 4) is 0 Å². The summed E-state index contributed by atoms with van der Waals surface area (Å²) in [6, 6.07) is 7.32. The van der Waals surface area contributed by atoms with Gasteiger partial charge in [-0.25, -0.2) is 0 Å². The summed E-state index contributed by atoms with van der Waals surface area (Å²) in [6.07, 6.45) is 2.51. The van der Waals surface area contributed by atoms with Gasteiger partial charge < -0.3 is 14.7 Å². The van der Waals surface area contributed by atoms with Gasteiger partial charge in [0.2, 0.25) is 11.7 Å². The molecule has 1 aliphatic rings. The van der Waals surface area contributed by atoms with Crippen LogP contribution < -0.4 is 5.32 Å². The van der Waals surface area contributed by atoms with E-state index in [1.165, 1.54) is 6.92 Å². The predicted octanol–water partition coefficient (Wildman–Crippen LogP) is 2.25. The van der Waals surface area contributed by atoms with Crippen LogP contribution in [0.1, 0.15) is 60.4 Å². The summed E-state index contributed by atoms with van der Waals surface area (Å²) in [4.78, 5) is 30.3. The lowest BCUT2D eigenvalue weighted by molar-refractivity contribution is -0.119. The molecule has 0 aliphatic carbocycles. The van der Waals surface area contributed by atoms with Gasteiger partial charge in [-0.2, -0.15) is 0 Å². The molecule has 0 spiro atoms. The topological polar surface area (TPSA) is 88.3 Å². The zero-order valence-corrected chi connectivity index (χ0v) is 14.5. The molecule has 0 saturated carbocycles. The molecule has 3 rings (SSSR count). The molecule has 7 heteroatoms. The number of aromatic nitrogens is 2. The molecule has 0 aromatic carbocycles. The maximum atomic E-state index is 12.8. The fourth-order valence-corrected chi connectivity index (χ4v) is 3.04. The van der Waals surface area contributed by atoms with Crippen LogP contribution in [0.2, 0.25) is 0 Å². The number of nitrogens with one attached hydrogen (secondary N) is 1. The van der Waals surface area contributed by atoms with Crippen LogP contribution in [0.25, 0.3) is 0 Å². The van der Waals surface area contributed by atoms with Crippen LogP contribution in [0.4, 0.5) is 0 Å². The smallest absolute Gasteiger partial charge is 0.293 e. The van der Waals surface area contributed by atoms with Crippen LogP contribution in [0.15, 0.2) is 28.8 Å². The molecule has 3 heterocycles. The number of hydrogen-bond donors (Lipinski definition) is 1. The summed E-state index contributed by atoms with van der Waals surface area (Å²) >= 11 is 0. The molecular weight excluding hydrogens is 320 g/mol. The highest BCUT2D eigenvalue weighted by atomic mass is 16.5. The number of likely N-dealkylation sites (tertiary alicyclic amines) is 1. The van der Waals surface area contributed by atoms with Gasteiger partial charge in [0.05, 0.1) is 29.7 Å². The Labute approximate surface area is 146 Å². The molecular formula is C18H22N4O3. The first-order valence-corrected chi connectivity index (χ1v) is 8.55. The number of aryl methyl sites for hydroxylation is 1. The third-order valence-corrected chi connectivity index (χ3v) is 4.33. The maximum absolute atomic E-state index is 12.8. The van der Waals surface area contributed by atoms with Gasteiger partial charge in [-0.3, -0.25) is 14.6 Å². The van der Waals surface area contributed by atoms with E-state index < -0.39 is 0 Å². The van der Waals surface area contributed by atoms with Crippen molar-refractivity contribution in [2.75, 3.05) is 6.54 Å². The third-order valence-electron chi connectivity index (χ3n) is 4.33. The van der Waals surface area contributed by atoms with E-state index in [0.717, 1.165) is 36.3 Å². The number of amides is 2. The van der Waals surface area contributed by atoms with Crippen LogP contribution in [0.3, 0.4) is 0 Å². The summed E-state index contributed by atoms with van der Waals surface area (Å²) in [5.74, 6) is 0.0313. The molecule has 1 aliphatic heterocycles. The lowest BCUT2D eigenvalue weighted by Gasteiger charge is -2.23. The molecule has 2 aromatic heterocycles. The Hall–Kier alpha value is -2.70. The number of hydrogen-bond acceptors (Lipinski definition) is 5. The maximum Gasteiger partial charge on any atom is 0.293 e. The molecule has 0 radical (unpaired) electrons. The average Bonchev–Trinajstić information content (AvgIpc) is 3.28. The van der Waals surface area contributed by atoms with Crippen molar-refractivity contribution in [1.29, 1.82) is 0 Å². The summed E-state index contributed by atoms with van der Waals surface area (Å²) in [6.45, 7) is 4.49. The lowest BCUT2D eigenvalue weighted by atomic mass is 10.1. The van der Waals surface area contributed by atoms with E-state index in [-0.39, 0.29) is 23.6 Å².